The lowest BCUT2D eigenvalue weighted by Gasteiger charge is -2.22. The molecule has 124 valence electrons. The number of nitrogens with zero attached hydrogens (tertiary/aromatic N) is 4. The first-order valence-electron chi connectivity index (χ1n) is 8.18. The maximum atomic E-state index is 5.91. The molecule has 1 saturated carbocycles. The van der Waals surface area contributed by atoms with E-state index >= 15 is 0 Å². The van der Waals surface area contributed by atoms with Crippen LogP contribution in [0.2, 0.25) is 0 Å². The molecule has 0 amide bonds. The smallest absolute Gasteiger partial charge is 0.191 e. The zero-order chi connectivity index (χ0) is 15.6. The lowest BCUT2D eigenvalue weighted by Crippen LogP contribution is -2.38. The summed E-state index contributed by atoms with van der Waals surface area (Å²) in [5, 5.41) is 10.6. The molecule has 0 saturated heterocycles. The Balaban J connectivity index is 1.55. The van der Waals surface area contributed by atoms with Crippen molar-refractivity contribution in [2.24, 2.45) is 12.0 Å². The summed E-state index contributed by atoms with van der Waals surface area (Å²) in [6.45, 7) is 2.28. The third-order valence-electron chi connectivity index (χ3n) is 3.96. The van der Waals surface area contributed by atoms with E-state index in [1.165, 1.54) is 32.1 Å². The average molecular weight is 308 g/mol. The molecular weight excluding hydrogens is 280 g/mol. The van der Waals surface area contributed by atoms with Crippen molar-refractivity contribution in [3.8, 4) is 0 Å². The van der Waals surface area contributed by atoms with Gasteiger partial charge in [0.2, 0.25) is 0 Å². The zero-order valence-corrected chi connectivity index (χ0v) is 13.7. The number of aromatic nitrogens is 3. The lowest BCUT2D eigenvalue weighted by molar-refractivity contribution is 0.0277. The third-order valence-corrected chi connectivity index (χ3v) is 3.96. The van der Waals surface area contributed by atoms with Crippen LogP contribution in [0.5, 0.6) is 0 Å². The van der Waals surface area contributed by atoms with Crippen LogP contribution in [0.3, 0.4) is 0 Å². The number of guanidine groups is 1. The molecule has 7 heteroatoms. The van der Waals surface area contributed by atoms with E-state index in [0.717, 1.165) is 31.4 Å². The van der Waals surface area contributed by atoms with Crippen LogP contribution >= 0.6 is 0 Å². The van der Waals surface area contributed by atoms with Gasteiger partial charge in [-0.3, -0.25) is 9.67 Å². The minimum atomic E-state index is 0.488. The molecule has 2 rings (SSSR count). The predicted octanol–water partition coefficient (Wildman–Crippen LogP) is 1.22. The number of aliphatic imine (C=N–C) groups is 1. The van der Waals surface area contributed by atoms with Gasteiger partial charge in [-0.2, -0.15) is 5.10 Å². The van der Waals surface area contributed by atoms with Crippen molar-refractivity contribution < 1.29 is 4.74 Å². The Bertz CT molecular complexity index is 453. The summed E-state index contributed by atoms with van der Waals surface area (Å²) >= 11 is 0. The van der Waals surface area contributed by atoms with E-state index in [1.54, 1.807) is 18.1 Å². The summed E-state index contributed by atoms with van der Waals surface area (Å²) < 4.78 is 7.66. The Morgan fingerprint density at radius 1 is 1.36 bits per heavy atom. The van der Waals surface area contributed by atoms with Crippen LogP contribution in [0.15, 0.2) is 11.3 Å². The molecule has 1 heterocycles. The number of rotatable bonds is 7. The molecule has 0 unspecified atom stereocenters. The molecule has 1 aliphatic carbocycles. The van der Waals surface area contributed by atoms with Gasteiger partial charge in [0.15, 0.2) is 5.96 Å². The van der Waals surface area contributed by atoms with Crippen molar-refractivity contribution in [3.63, 3.8) is 0 Å². The fourth-order valence-corrected chi connectivity index (χ4v) is 2.62. The monoisotopic (exact) mass is 308 g/mol. The van der Waals surface area contributed by atoms with Crippen molar-refractivity contribution >= 4 is 5.96 Å². The molecule has 0 aromatic carbocycles. The number of hydrogen-bond donors (Lipinski definition) is 2. The Morgan fingerprint density at radius 2 is 2.18 bits per heavy atom. The first kappa shape index (κ1) is 16.7. The van der Waals surface area contributed by atoms with E-state index < -0.39 is 0 Å². The lowest BCUT2D eigenvalue weighted by atomic mass is 9.98. The van der Waals surface area contributed by atoms with E-state index in [9.17, 15) is 0 Å². The molecule has 1 aliphatic rings. The van der Waals surface area contributed by atoms with Crippen LogP contribution in [0, 0.1) is 0 Å². The van der Waals surface area contributed by atoms with Gasteiger partial charge >= 0.3 is 0 Å². The molecule has 2 N–H and O–H groups in total. The first-order chi connectivity index (χ1) is 10.8. The Kier molecular flexibility index (Phi) is 7.15. The molecule has 7 nitrogen and oxygen atoms in total. The quantitative estimate of drug-likeness (QED) is 0.450. The second-order valence-electron chi connectivity index (χ2n) is 5.64. The fraction of sp³-hybridized carbons (Fsp3) is 0.800. The SMILES string of the molecule is CN=C(NCCCOC1CCCCC1)NCc1ncnn1C. The van der Waals surface area contributed by atoms with Crippen molar-refractivity contribution in [1.82, 2.24) is 25.4 Å². The van der Waals surface area contributed by atoms with Gasteiger partial charge in [0.1, 0.15) is 12.2 Å². The van der Waals surface area contributed by atoms with Crippen LogP contribution < -0.4 is 10.6 Å². The van der Waals surface area contributed by atoms with Gasteiger partial charge in [-0.25, -0.2) is 4.98 Å². The standard InChI is InChI=1S/C15H28N6O/c1-16-15(18-11-14-19-12-20-21(14)2)17-9-6-10-22-13-7-4-3-5-8-13/h12-13H,3-11H2,1-2H3,(H2,16,17,18). The maximum absolute atomic E-state index is 5.91. The molecule has 1 fully saturated rings. The summed E-state index contributed by atoms with van der Waals surface area (Å²) in [7, 11) is 3.65. The largest absolute Gasteiger partial charge is 0.378 e. The highest BCUT2D eigenvalue weighted by molar-refractivity contribution is 5.79. The highest BCUT2D eigenvalue weighted by atomic mass is 16.5. The maximum Gasteiger partial charge on any atom is 0.191 e. The molecule has 0 atom stereocenters. The Morgan fingerprint density at radius 3 is 2.86 bits per heavy atom. The van der Waals surface area contributed by atoms with Gasteiger partial charge < -0.3 is 15.4 Å². The van der Waals surface area contributed by atoms with Crippen LogP contribution in [-0.2, 0) is 18.3 Å². The van der Waals surface area contributed by atoms with Crippen molar-refractivity contribution in [2.75, 3.05) is 20.2 Å². The summed E-state index contributed by atoms with van der Waals surface area (Å²) in [5.74, 6) is 1.66. The van der Waals surface area contributed by atoms with E-state index in [4.69, 9.17) is 4.74 Å². The minimum absolute atomic E-state index is 0.488. The molecule has 0 bridgehead atoms. The summed E-state index contributed by atoms with van der Waals surface area (Å²) in [5.41, 5.74) is 0. The van der Waals surface area contributed by atoms with Crippen LogP contribution in [0.25, 0.3) is 0 Å². The molecule has 1 aromatic heterocycles. The van der Waals surface area contributed by atoms with Crippen LogP contribution in [0.1, 0.15) is 44.3 Å². The number of hydrogen-bond acceptors (Lipinski definition) is 4. The summed E-state index contributed by atoms with van der Waals surface area (Å²) in [6.07, 6.45) is 9.50. The summed E-state index contributed by atoms with van der Waals surface area (Å²) in [6, 6.07) is 0. The Hall–Kier alpha value is -1.63. The number of nitrogens with one attached hydrogen (secondary N) is 2. The van der Waals surface area contributed by atoms with Gasteiger partial charge in [-0.05, 0) is 19.3 Å². The van der Waals surface area contributed by atoms with Gasteiger partial charge in [0.05, 0.1) is 12.6 Å². The average Bonchev–Trinajstić information content (AvgIpc) is 2.96. The second kappa shape index (κ2) is 9.40. The molecule has 0 spiro atoms. The van der Waals surface area contributed by atoms with Gasteiger partial charge in [0, 0.05) is 27.2 Å². The van der Waals surface area contributed by atoms with Crippen molar-refractivity contribution in [2.45, 2.75) is 51.2 Å². The zero-order valence-electron chi connectivity index (χ0n) is 13.7. The first-order valence-corrected chi connectivity index (χ1v) is 8.18. The van der Waals surface area contributed by atoms with Gasteiger partial charge in [0.25, 0.3) is 0 Å². The highest BCUT2D eigenvalue weighted by Gasteiger charge is 2.12. The van der Waals surface area contributed by atoms with Crippen LogP contribution in [-0.4, -0.2) is 47.0 Å². The minimum Gasteiger partial charge on any atom is -0.378 e. The second-order valence-corrected chi connectivity index (χ2v) is 5.64. The molecule has 0 radical (unpaired) electrons. The number of ether oxygens (including phenoxy) is 1. The fourth-order valence-electron chi connectivity index (χ4n) is 2.62. The highest BCUT2D eigenvalue weighted by Crippen LogP contribution is 2.20. The van der Waals surface area contributed by atoms with Gasteiger partial charge in [-0.1, -0.05) is 19.3 Å². The summed E-state index contributed by atoms with van der Waals surface area (Å²) in [4.78, 5) is 8.37. The number of aryl methyl sites for hydroxylation is 1. The predicted molar refractivity (Wildman–Crippen MR) is 86.6 cm³/mol. The van der Waals surface area contributed by atoms with Gasteiger partial charge in [-0.15, -0.1) is 0 Å². The van der Waals surface area contributed by atoms with Crippen molar-refractivity contribution in [3.05, 3.63) is 12.2 Å². The van der Waals surface area contributed by atoms with E-state index in [2.05, 4.69) is 25.7 Å². The topological polar surface area (TPSA) is 76.4 Å². The van der Waals surface area contributed by atoms with E-state index in [0.29, 0.717) is 12.6 Å². The van der Waals surface area contributed by atoms with E-state index in [1.807, 2.05) is 7.05 Å². The third kappa shape index (κ3) is 5.63. The Labute approximate surface area is 132 Å². The molecule has 1 aromatic rings. The van der Waals surface area contributed by atoms with Crippen molar-refractivity contribution in [1.29, 1.82) is 0 Å². The van der Waals surface area contributed by atoms with Crippen LogP contribution in [0.4, 0.5) is 0 Å². The molecular formula is C15H28N6O. The molecule has 0 aliphatic heterocycles. The normalized spacial score (nSPS) is 16.7. The van der Waals surface area contributed by atoms with E-state index in [-0.39, 0.29) is 0 Å². The molecule has 22 heavy (non-hydrogen) atoms.